The fourth-order valence-electron chi connectivity index (χ4n) is 4.10. The quantitative estimate of drug-likeness (QED) is 0.503. The van der Waals surface area contributed by atoms with E-state index in [0.29, 0.717) is 12.1 Å². The zero-order valence-electron chi connectivity index (χ0n) is 11.1. The van der Waals surface area contributed by atoms with E-state index >= 15 is 0 Å². The maximum absolute atomic E-state index is 11.0. The van der Waals surface area contributed by atoms with Crippen LogP contribution in [0.25, 0.3) is 0 Å². The van der Waals surface area contributed by atoms with Gasteiger partial charge in [0.2, 0.25) is 0 Å². The van der Waals surface area contributed by atoms with Gasteiger partial charge in [-0.3, -0.25) is 4.79 Å². The van der Waals surface area contributed by atoms with E-state index in [1.165, 1.54) is 6.92 Å². The molecule has 2 bridgehead atoms. The van der Waals surface area contributed by atoms with Crippen LogP contribution in [0.3, 0.4) is 0 Å². The van der Waals surface area contributed by atoms with Crippen LogP contribution in [0.1, 0.15) is 33.6 Å². The van der Waals surface area contributed by atoms with Crippen LogP contribution in [-0.2, 0) is 9.53 Å². The van der Waals surface area contributed by atoms with Crippen molar-refractivity contribution in [1.29, 1.82) is 0 Å². The predicted molar refractivity (Wildman–Crippen MR) is 62.8 cm³/mol. The smallest absolute Gasteiger partial charge is 0.302 e. The van der Waals surface area contributed by atoms with Crippen LogP contribution in [0, 0.1) is 11.8 Å². The number of carbonyl (C=O) groups is 1. The molecule has 0 aromatic carbocycles. The molecule has 0 saturated carbocycles. The zero-order chi connectivity index (χ0) is 12.1. The van der Waals surface area contributed by atoms with Gasteiger partial charge in [-0.05, 0) is 0 Å². The molecule has 92 valence electrons. The highest BCUT2D eigenvalue weighted by molar-refractivity contribution is 5.66. The molecule has 3 heteroatoms. The molecule has 2 aliphatic heterocycles. The molecular formula is C13H24NO2+. The SMILES string of the molecule is CC(=O)OC1CC2C(C)C(C)C(C1)[N+]2(C)C. The molecule has 4 unspecified atom stereocenters. The second-order valence-corrected chi connectivity index (χ2v) is 6.18. The van der Waals surface area contributed by atoms with E-state index in [0.717, 1.165) is 29.2 Å². The van der Waals surface area contributed by atoms with Gasteiger partial charge in [0.25, 0.3) is 0 Å². The Morgan fingerprint density at radius 3 is 1.94 bits per heavy atom. The highest BCUT2D eigenvalue weighted by Gasteiger charge is 2.57. The van der Waals surface area contributed by atoms with Crippen molar-refractivity contribution >= 4 is 5.97 Å². The summed E-state index contributed by atoms with van der Waals surface area (Å²) in [5.41, 5.74) is 0. The first kappa shape index (κ1) is 11.9. The van der Waals surface area contributed by atoms with Crippen molar-refractivity contribution in [3.05, 3.63) is 0 Å². The number of esters is 1. The lowest BCUT2D eigenvalue weighted by Gasteiger charge is -2.44. The molecule has 0 N–H and O–H groups in total. The van der Waals surface area contributed by atoms with Crippen LogP contribution in [0.4, 0.5) is 0 Å². The highest BCUT2D eigenvalue weighted by atomic mass is 16.5. The number of hydrogen-bond acceptors (Lipinski definition) is 2. The molecule has 3 nitrogen and oxygen atoms in total. The zero-order valence-corrected chi connectivity index (χ0v) is 11.1. The van der Waals surface area contributed by atoms with Crippen LogP contribution in [0.2, 0.25) is 0 Å². The normalized spacial score (nSPS) is 45.4. The molecule has 0 aromatic rings. The van der Waals surface area contributed by atoms with Gasteiger partial charge in [-0.25, -0.2) is 0 Å². The number of fused-ring (bicyclic) bond motifs is 2. The largest absolute Gasteiger partial charge is 0.462 e. The molecule has 2 saturated heterocycles. The second kappa shape index (κ2) is 3.73. The third-order valence-corrected chi connectivity index (χ3v) is 5.09. The van der Waals surface area contributed by atoms with E-state index in [-0.39, 0.29) is 12.1 Å². The summed E-state index contributed by atoms with van der Waals surface area (Å²) in [6.07, 6.45) is 2.23. The minimum atomic E-state index is -0.128. The number of quaternary nitrogens is 1. The molecule has 0 spiro atoms. The number of rotatable bonds is 1. The Kier molecular flexibility index (Phi) is 2.77. The van der Waals surface area contributed by atoms with E-state index in [9.17, 15) is 4.79 Å². The monoisotopic (exact) mass is 226 g/mol. The molecular weight excluding hydrogens is 202 g/mol. The summed E-state index contributed by atoms with van der Waals surface area (Å²) in [4.78, 5) is 11.0. The van der Waals surface area contributed by atoms with Crippen molar-refractivity contribution in [2.45, 2.75) is 51.8 Å². The Balaban J connectivity index is 2.16. The van der Waals surface area contributed by atoms with Crippen molar-refractivity contribution in [2.24, 2.45) is 11.8 Å². The number of carbonyl (C=O) groups excluding carboxylic acids is 1. The van der Waals surface area contributed by atoms with Gasteiger partial charge >= 0.3 is 5.97 Å². The minimum Gasteiger partial charge on any atom is -0.462 e. The van der Waals surface area contributed by atoms with E-state index < -0.39 is 0 Å². The lowest BCUT2D eigenvalue weighted by atomic mass is 9.92. The number of piperidine rings is 1. The Morgan fingerprint density at radius 2 is 1.56 bits per heavy atom. The first-order valence-electron chi connectivity index (χ1n) is 6.34. The summed E-state index contributed by atoms with van der Waals surface area (Å²) in [5.74, 6) is 1.35. The summed E-state index contributed by atoms with van der Waals surface area (Å²) < 4.78 is 6.52. The molecule has 2 aliphatic rings. The van der Waals surface area contributed by atoms with Crippen LogP contribution in [0.15, 0.2) is 0 Å². The standard InChI is InChI=1S/C13H24NO2/c1-8-9(2)13-7-11(16-10(3)15)6-12(8)14(13,4)5/h8-9,11-13H,6-7H2,1-5H3/q+1. The molecule has 4 atom stereocenters. The maximum atomic E-state index is 11.0. The summed E-state index contributed by atoms with van der Waals surface area (Å²) in [6.45, 7) is 6.22. The summed E-state index contributed by atoms with van der Waals surface area (Å²) in [5, 5.41) is 0. The third-order valence-electron chi connectivity index (χ3n) is 5.09. The average Bonchev–Trinajstić information content (AvgIpc) is 2.30. The van der Waals surface area contributed by atoms with Gasteiger partial charge in [-0.2, -0.15) is 0 Å². The second-order valence-electron chi connectivity index (χ2n) is 6.18. The van der Waals surface area contributed by atoms with Gasteiger partial charge in [0, 0.05) is 31.6 Å². The minimum absolute atomic E-state index is 0.128. The molecule has 0 aromatic heterocycles. The van der Waals surface area contributed by atoms with Crippen molar-refractivity contribution in [2.75, 3.05) is 14.1 Å². The fraction of sp³-hybridized carbons (Fsp3) is 0.923. The van der Waals surface area contributed by atoms with E-state index in [1.807, 2.05) is 0 Å². The first-order valence-corrected chi connectivity index (χ1v) is 6.34. The third kappa shape index (κ3) is 1.65. The van der Waals surface area contributed by atoms with Crippen LogP contribution >= 0.6 is 0 Å². The Morgan fingerprint density at radius 1 is 1.12 bits per heavy atom. The van der Waals surface area contributed by atoms with Gasteiger partial charge in [0.15, 0.2) is 0 Å². The molecule has 0 aliphatic carbocycles. The molecule has 2 heterocycles. The van der Waals surface area contributed by atoms with Gasteiger partial charge in [0.1, 0.15) is 6.10 Å². The number of nitrogens with zero attached hydrogens (tertiary/aromatic N) is 1. The van der Waals surface area contributed by atoms with E-state index in [2.05, 4.69) is 27.9 Å². The Labute approximate surface area is 98.4 Å². The molecule has 2 rings (SSSR count). The molecule has 2 fully saturated rings. The Bertz CT molecular complexity index is 280. The van der Waals surface area contributed by atoms with E-state index in [4.69, 9.17) is 4.74 Å². The predicted octanol–water partition coefficient (Wildman–Crippen LogP) is 1.81. The maximum Gasteiger partial charge on any atom is 0.302 e. The summed E-state index contributed by atoms with van der Waals surface area (Å²) >= 11 is 0. The fourth-order valence-corrected chi connectivity index (χ4v) is 4.10. The van der Waals surface area contributed by atoms with Crippen molar-refractivity contribution in [1.82, 2.24) is 0 Å². The topological polar surface area (TPSA) is 26.3 Å². The van der Waals surface area contributed by atoms with Gasteiger partial charge in [-0.15, -0.1) is 0 Å². The van der Waals surface area contributed by atoms with Crippen molar-refractivity contribution < 1.29 is 14.0 Å². The average molecular weight is 226 g/mol. The Hall–Kier alpha value is -0.570. The van der Waals surface area contributed by atoms with Gasteiger partial charge in [0.05, 0.1) is 26.2 Å². The van der Waals surface area contributed by atoms with Gasteiger partial charge < -0.3 is 9.22 Å². The number of hydrogen-bond donors (Lipinski definition) is 0. The summed E-state index contributed by atoms with van der Waals surface area (Å²) in [6, 6.07) is 1.30. The van der Waals surface area contributed by atoms with Crippen molar-refractivity contribution in [3.8, 4) is 0 Å². The lowest BCUT2D eigenvalue weighted by Crippen LogP contribution is -2.57. The molecule has 16 heavy (non-hydrogen) atoms. The number of ether oxygens (including phenoxy) is 1. The van der Waals surface area contributed by atoms with Crippen LogP contribution in [0.5, 0.6) is 0 Å². The lowest BCUT2D eigenvalue weighted by molar-refractivity contribution is -0.934. The summed E-state index contributed by atoms with van der Waals surface area (Å²) in [7, 11) is 4.67. The van der Waals surface area contributed by atoms with Crippen LogP contribution in [-0.4, -0.2) is 42.7 Å². The van der Waals surface area contributed by atoms with Crippen LogP contribution < -0.4 is 0 Å². The van der Waals surface area contributed by atoms with E-state index in [1.54, 1.807) is 0 Å². The highest BCUT2D eigenvalue weighted by Crippen LogP contribution is 2.47. The van der Waals surface area contributed by atoms with Crippen molar-refractivity contribution in [3.63, 3.8) is 0 Å². The first-order chi connectivity index (χ1) is 7.34. The molecule has 0 amide bonds. The van der Waals surface area contributed by atoms with Gasteiger partial charge in [-0.1, -0.05) is 13.8 Å². The molecule has 0 radical (unpaired) electrons.